The summed E-state index contributed by atoms with van der Waals surface area (Å²) < 4.78 is 0. The Hall–Kier alpha value is -2.81. The molecule has 0 aromatic heterocycles. The number of hydrogen-bond acceptors (Lipinski definition) is 2. The van der Waals surface area contributed by atoms with E-state index in [-0.39, 0.29) is 0 Å². The Morgan fingerprint density at radius 1 is 0.800 bits per heavy atom. The molecule has 20 heavy (non-hydrogen) atoms. The van der Waals surface area contributed by atoms with Gasteiger partial charge >= 0.3 is 0 Å². The average molecular weight is 260 g/mol. The Balaban J connectivity index is 2.32. The molecule has 3 nitrogen and oxygen atoms in total. The normalized spacial score (nSPS) is 11.6. The van der Waals surface area contributed by atoms with E-state index in [0.29, 0.717) is 5.56 Å². The fourth-order valence-corrected chi connectivity index (χ4v) is 2.98. The minimum atomic E-state index is -0.407. The first-order chi connectivity index (χ1) is 9.65. The highest BCUT2D eigenvalue weighted by Crippen LogP contribution is 2.37. The zero-order valence-corrected chi connectivity index (χ0v) is 10.7. The molecule has 4 aromatic carbocycles. The van der Waals surface area contributed by atoms with Gasteiger partial charge in [0.05, 0.1) is 0 Å². The third-order valence-electron chi connectivity index (χ3n) is 3.92. The fourth-order valence-electron chi connectivity index (χ4n) is 2.98. The van der Waals surface area contributed by atoms with Crippen LogP contribution in [0.15, 0.2) is 48.5 Å². The van der Waals surface area contributed by atoms with E-state index in [1.54, 1.807) is 0 Å². The van der Waals surface area contributed by atoms with Gasteiger partial charge in [0.25, 0.3) is 0 Å². The molecule has 4 aromatic rings. The van der Waals surface area contributed by atoms with Crippen LogP contribution in [0.3, 0.4) is 0 Å². The number of anilines is 1. The highest BCUT2D eigenvalue weighted by molar-refractivity contribution is 6.25. The molecular formula is C17H12N2O. The van der Waals surface area contributed by atoms with Crippen molar-refractivity contribution in [2.45, 2.75) is 0 Å². The molecule has 0 bridgehead atoms. The first-order valence-corrected chi connectivity index (χ1v) is 6.42. The predicted molar refractivity (Wildman–Crippen MR) is 83.1 cm³/mol. The van der Waals surface area contributed by atoms with Crippen molar-refractivity contribution in [3.05, 3.63) is 54.1 Å². The summed E-state index contributed by atoms with van der Waals surface area (Å²) in [6, 6.07) is 15.7. The quantitative estimate of drug-likeness (QED) is 0.407. The fraction of sp³-hybridized carbons (Fsp3) is 0. The molecule has 0 unspecified atom stereocenters. The molecule has 0 aliphatic heterocycles. The maximum absolute atomic E-state index is 11.4. The number of primary amides is 1. The molecule has 0 spiro atoms. The lowest BCUT2D eigenvalue weighted by molar-refractivity contribution is 0.100. The van der Waals surface area contributed by atoms with E-state index in [0.717, 1.165) is 38.0 Å². The van der Waals surface area contributed by atoms with Gasteiger partial charge in [-0.05, 0) is 45.1 Å². The van der Waals surface area contributed by atoms with Crippen LogP contribution in [0.25, 0.3) is 32.3 Å². The van der Waals surface area contributed by atoms with E-state index in [1.807, 2.05) is 48.5 Å². The Labute approximate surface area is 115 Å². The van der Waals surface area contributed by atoms with Crippen molar-refractivity contribution < 1.29 is 4.79 Å². The van der Waals surface area contributed by atoms with Crippen LogP contribution in [0.5, 0.6) is 0 Å². The van der Waals surface area contributed by atoms with Gasteiger partial charge in [-0.2, -0.15) is 0 Å². The number of benzene rings is 4. The van der Waals surface area contributed by atoms with Crippen LogP contribution in [0.2, 0.25) is 0 Å². The summed E-state index contributed by atoms with van der Waals surface area (Å²) >= 11 is 0. The number of rotatable bonds is 1. The smallest absolute Gasteiger partial charge is 0.248 e. The topological polar surface area (TPSA) is 69.1 Å². The first kappa shape index (κ1) is 11.1. The van der Waals surface area contributed by atoms with E-state index in [2.05, 4.69) is 0 Å². The van der Waals surface area contributed by atoms with Gasteiger partial charge in [-0.1, -0.05) is 30.3 Å². The van der Waals surface area contributed by atoms with Crippen molar-refractivity contribution in [2.75, 3.05) is 5.73 Å². The van der Waals surface area contributed by atoms with Crippen LogP contribution in [-0.4, -0.2) is 5.91 Å². The molecule has 0 heterocycles. The Morgan fingerprint density at radius 3 is 2.10 bits per heavy atom. The van der Waals surface area contributed by atoms with Crippen molar-refractivity contribution in [1.82, 2.24) is 0 Å². The van der Waals surface area contributed by atoms with E-state index in [9.17, 15) is 4.79 Å². The molecule has 4 N–H and O–H groups in total. The van der Waals surface area contributed by atoms with E-state index >= 15 is 0 Å². The first-order valence-electron chi connectivity index (χ1n) is 6.42. The summed E-state index contributed by atoms with van der Waals surface area (Å²) in [6.07, 6.45) is 0. The second kappa shape index (κ2) is 3.61. The molecule has 1 amide bonds. The van der Waals surface area contributed by atoms with Gasteiger partial charge in [0, 0.05) is 16.6 Å². The second-order valence-corrected chi connectivity index (χ2v) is 5.09. The molecular weight excluding hydrogens is 248 g/mol. The van der Waals surface area contributed by atoms with Gasteiger partial charge in [-0.3, -0.25) is 4.79 Å². The largest absolute Gasteiger partial charge is 0.398 e. The molecule has 0 fully saturated rings. The molecule has 0 saturated heterocycles. The number of nitrogen functional groups attached to an aromatic ring is 1. The van der Waals surface area contributed by atoms with Crippen molar-refractivity contribution >= 4 is 43.9 Å². The number of amides is 1. The van der Waals surface area contributed by atoms with Crippen LogP contribution in [0, 0.1) is 0 Å². The molecule has 4 rings (SSSR count). The Kier molecular flexibility index (Phi) is 1.99. The maximum Gasteiger partial charge on any atom is 0.248 e. The van der Waals surface area contributed by atoms with Crippen LogP contribution >= 0.6 is 0 Å². The minimum Gasteiger partial charge on any atom is -0.398 e. The lowest BCUT2D eigenvalue weighted by Crippen LogP contribution is -2.10. The molecule has 0 saturated carbocycles. The summed E-state index contributed by atoms with van der Waals surface area (Å²) in [5.41, 5.74) is 12.8. The minimum absolute atomic E-state index is 0.407. The van der Waals surface area contributed by atoms with Crippen molar-refractivity contribution in [1.29, 1.82) is 0 Å². The number of nitrogens with two attached hydrogens (primary N) is 2. The Bertz CT molecular complexity index is 970. The van der Waals surface area contributed by atoms with Gasteiger partial charge in [-0.25, -0.2) is 0 Å². The summed E-state index contributed by atoms with van der Waals surface area (Å²) in [5, 5.41) is 6.51. The van der Waals surface area contributed by atoms with Gasteiger partial charge < -0.3 is 11.5 Å². The van der Waals surface area contributed by atoms with Crippen molar-refractivity contribution in [2.24, 2.45) is 5.73 Å². The third-order valence-corrected chi connectivity index (χ3v) is 3.92. The summed E-state index contributed by atoms with van der Waals surface area (Å²) in [5.74, 6) is -0.407. The molecule has 0 atom stereocenters. The predicted octanol–water partition coefficient (Wildman–Crippen LogP) is 3.27. The highest BCUT2D eigenvalue weighted by atomic mass is 16.1. The Morgan fingerprint density at radius 2 is 1.40 bits per heavy atom. The standard InChI is InChI=1S/C17H12N2O/c18-14-6-4-9-1-2-10-7-12(17(19)20)8-11-3-5-13(14)16(9)15(10)11/h1-8H,18H2,(H2,19,20). The van der Waals surface area contributed by atoms with Crippen LogP contribution in [0.1, 0.15) is 10.4 Å². The number of carbonyl (C=O) groups is 1. The van der Waals surface area contributed by atoms with Gasteiger partial charge in [0.2, 0.25) is 5.91 Å². The third kappa shape index (κ3) is 1.32. The second-order valence-electron chi connectivity index (χ2n) is 5.09. The zero-order valence-electron chi connectivity index (χ0n) is 10.7. The van der Waals surface area contributed by atoms with Gasteiger partial charge in [0.1, 0.15) is 0 Å². The van der Waals surface area contributed by atoms with Crippen LogP contribution in [0.4, 0.5) is 5.69 Å². The highest BCUT2D eigenvalue weighted by Gasteiger charge is 2.12. The molecule has 0 aliphatic rings. The lowest BCUT2D eigenvalue weighted by atomic mass is 9.92. The summed E-state index contributed by atoms with van der Waals surface area (Å²) in [6.45, 7) is 0. The van der Waals surface area contributed by atoms with Gasteiger partial charge in [0.15, 0.2) is 0 Å². The lowest BCUT2D eigenvalue weighted by Gasteiger charge is -2.12. The molecule has 0 aliphatic carbocycles. The molecule has 0 radical (unpaired) electrons. The van der Waals surface area contributed by atoms with E-state index < -0.39 is 5.91 Å². The summed E-state index contributed by atoms with van der Waals surface area (Å²) in [4.78, 5) is 11.4. The average Bonchev–Trinajstić information content (AvgIpc) is 2.46. The maximum atomic E-state index is 11.4. The SMILES string of the molecule is NC(=O)c1cc2ccc3ccc(N)c4ccc(c1)c2c34. The van der Waals surface area contributed by atoms with Crippen molar-refractivity contribution in [3.63, 3.8) is 0 Å². The zero-order chi connectivity index (χ0) is 13.9. The van der Waals surface area contributed by atoms with E-state index in [4.69, 9.17) is 11.5 Å². The monoisotopic (exact) mass is 260 g/mol. The van der Waals surface area contributed by atoms with Crippen LogP contribution < -0.4 is 11.5 Å². The van der Waals surface area contributed by atoms with E-state index in [1.165, 1.54) is 0 Å². The molecule has 96 valence electrons. The van der Waals surface area contributed by atoms with Crippen LogP contribution in [-0.2, 0) is 0 Å². The number of hydrogen-bond donors (Lipinski definition) is 2. The molecule has 3 heteroatoms. The van der Waals surface area contributed by atoms with Gasteiger partial charge in [-0.15, -0.1) is 0 Å². The van der Waals surface area contributed by atoms with Crippen molar-refractivity contribution in [3.8, 4) is 0 Å². The number of carbonyl (C=O) groups excluding carboxylic acids is 1. The summed E-state index contributed by atoms with van der Waals surface area (Å²) in [7, 11) is 0.